The average molecular weight is 865 g/mol. The first kappa shape index (κ1) is 49.7. The molecule has 2 aromatic rings. The Bertz CT molecular complexity index is 2120. The zero-order valence-corrected chi connectivity index (χ0v) is 37.7. The topological polar surface area (TPSA) is 239 Å². The van der Waals surface area contributed by atoms with Crippen LogP contribution in [0.2, 0.25) is 0 Å². The summed E-state index contributed by atoms with van der Waals surface area (Å²) < 4.78 is 36.0. The summed E-state index contributed by atoms with van der Waals surface area (Å²) in [6.07, 6.45) is 3.77. The number of benzene rings is 2. The molecular formula is C44H64N8O8S. The molecule has 1 heterocycles. The van der Waals surface area contributed by atoms with Crippen molar-refractivity contribution in [3.63, 3.8) is 0 Å². The van der Waals surface area contributed by atoms with Crippen LogP contribution in [0.4, 0.5) is 0 Å². The molecule has 1 aliphatic heterocycles. The van der Waals surface area contributed by atoms with Crippen LogP contribution < -0.4 is 41.8 Å². The van der Waals surface area contributed by atoms with Gasteiger partial charge in [0.2, 0.25) is 35.5 Å². The van der Waals surface area contributed by atoms with Gasteiger partial charge in [-0.25, -0.2) is 13.1 Å². The van der Waals surface area contributed by atoms with Gasteiger partial charge in [0.25, 0.3) is 10.0 Å². The van der Waals surface area contributed by atoms with Crippen molar-refractivity contribution in [3.05, 3.63) is 83.5 Å². The summed E-state index contributed by atoms with van der Waals surface area (Å²) in [4.78, 5) is 71.7. The molecule has 4 atom stereocenters. The van der Waals surface area contributed by atoms with Crippen molar-refractivity contribution in [2.24, 2.45) is 16.6 Å². The van der Waals surface area contributed by atoms with Crippen molar-refractivity contribution >= 4 is 45.5 Å². The van der Waals surface area contributed by atoms with E-state index in [1.807, 2.05) is 20.8 Å². The predicted molar refractivity (Wildman–Crippen MR) is 236 cm³/mol. The Labute approximate surface area is 360 Å². The number of guanidine groups is 1. The van der Waals surface area contributed by atoms with E-state index in [4.69, 9.17) is 10.5 Å². The monoisotopic (exact) mass is 864 g/mol. The van der Waals surface area contributed by atoms with Crippen molar-refractivity contribution in [2.45, 2.75) is 129 Å². The molecule has 17 heteroatoms. The van der Waals surface area contributed by atoms with Gasteiger partial charge in [-0.1, -0.05) is 63.3 Å². The van der Waals surface area contributed by atoms with Crippen LogP contribution in [0.25, 0.3) is 0 Å². The first-order valence-electron chi connectivity index (χ1n) is 20.4. The lowest BCUT2D eigenvalue weighted by molar-refractivity contribution is -0.137. The SMILES string of the molecule is C=CCNC(=O)[C@H](NC(=O)[C@H](CC)NC(=O)[C@H](CCCN=C(N)NS(=O)(=O)c1c(C)c(C)c2c(c1C)CC(C)(C)O2)NC(=O)[C@@](C)(CC=C)NC(=O)C(C)C)c1ccccc1. The zero-order chi connectivity index (χ0) is 45.9. The lowest BCUT2D eigenvalue weighted by atomic mass is 9.94. The van der Waals surface area contributed by atoms with Gasteiger partial charge in [0.1, 0.15) is 35.0 Å². The summed E-state index contributed by atoms with van der Waals surface area (Å²) in [6.45, 7) is 23.1. The Morgan fingerprint density at radius 3 is 2.15 bits per heavy atom. The zero-order valence-electron chi connectivity index (χ0n) is 36.9. The minimum atomic E-state index is -4.18. The molecule has 0 saturated heterocycles. The molecule has 0 saturated carbocycles. The summed E-state index contributed by atoms with van der Waals surface area (Å²) in [6, 6.07) is 5.14. The van der Waals surface area contributed by atoms with E-state index in [2.05, 4.69) is 49.5 Å². The van der Waals surface area contributed by atoms with Crippen molar-refractivity contribution in [1.29, 1.82) is 0 Å². The van der Waals surface area contributed by atoms with Gasteiger partial charge in [0.05, 0.1) is 4.90 Å². The number of ether oxygens (including phenoxy) is 1. The van der Waals surface area contributed by atoms with Crippen LogP contribution in [0.3, 0.4) is 0 Å². The Morgan fingerprint density at radius 2 is 1.56 bits per heavy atom. The average Bonchev–Trinajstić information content (AvgIpc) is 3.53. The van der Waals surface area contributed by atoms with E-state index in [1.165, 1.54) is 19.1 Å². The molecular weight excluding hydrogens is 801 g/mol. The molecule has 334 valence electrons. The largest absolute Gasteiger partial charge is 0.487 e. The van der Waals surface area contributed by atoms with E-state index in [0.717, 1.165) is 5.56 Å². The summed E-state index contributed by atoms with van der Waals surface area (Å²) in [7, 11) is -4.18. The maximum absolute atomic E-state index is 14.0. The van der Waals surface area contributed by atoms with Gasteiger partial charge >= 0.3 is 0 Å². The summed E-state index contributed by atoms with van der Waals surface area (Å²) in [5.41, 5.74) is 7.28. The lowest BCUT2D eigenvalue weighted by Gasteiger charge is -2.32. The first-order chi connectivity index (χ1) is 28.5. The number of rotatable bonds is 21. The normalized spacial score (nSPS) is 15.7. The molecule has 0 unspecified atom stereocenters. The highest BCUT2D eigenvalue weighted by Crippen LogP contribution is 2.43. The van der Waals surface area contributed by atoms with Gasteiger partial charge in [-0.2, -0.15) is 0 Å². The fraction of sp³-hybridized carbons (Fsp3) is 0.500. The Kier molecular flexibility index (Phi) is 17.3. The number of hydrogen-bond donors (Lipinski definition) is 7. The fourth-order valence-corrected chi connectivity index (χ4v) is 8.47. The van der Waals surface area contributed by atoms with Crippen LogP contribution >= 0.6 is 0 Å². The van der Waals surface area contributed by atoms with Crippen LogP contribution in [0.15, 0.2) is 65.5 Å². The molecule has 0 bridgehead atoms. The standard InChI is InChI=1S/C44H64N8O8S/c1-12-22-44(11,51-37(53)26(4)5)41(57)49-33(39(55)48-32(14-3)38(54)50-34(40(56)46-23-13-2)30-19-16-15-17-20-30)21-18-24-47-42(45)52-61(58,59)36-28(7)27(6)35-31(29(36)8)25-43(9,10)60-35/h12-13,15-17,19-20,26,32-34H,1-2,14,18,21-25H2,3-11H3,(H,46,56)(H,48,55)(H,49,57)(H,50,54)(H,51,53)(H3,45,47,52)/t32-,33-,34+,44+/m0/s1. The Balaban J connectivity index is 1.85. The van der Waals surface area contributed by atoms with Gasteiger partial charge < -0.3 is 37.1 Å². The second-order valence-electron chi connectivity index (χ2n) is 16.4. The molecule has 0 fully saturated rings. The van der Waals surface area contributed by atoms with Crippen LogP contribution in [-0.4, -0.2) is 80.2 Å². The number of fused-ring (bicyclic) bond motifs is 1. The van der Waals surface area contributed by atoms with Crippen LogP contribution in [-0.2, 0) is 40.4 Å². The second kappa shape index (κ2) is 21.2. The third-order valence-electron chi connectivity index (χ3n) is 10.5. The van der Waals surface area contributed by atoms with Crippen LogP contribution in [0.5, 0.6) is 5.75 Å². The maximum atomic E-state index is 14.0. The third-order valence-corrected chi connectivity index (χ3v) is 12.1. The summed E-state index contributed by atoms with van der Waals surface area (Å²) in [5.74, 6) is -3.05. The first-order valence-corrected chi connectivity index (χ1v) is 21.9. The number of amides is 5. The molecule has 8 N–H and O–H groups in total. The molecule has 1 aliphatic rings. The number of carbonyl (C=O) groups is 5. The van der Waals surface area contributed by atoms with Crippen LogP contribution in [0, 0.1) is 26.7 Å². The molecule has 16 nitrogen and oxygen atoms in total. The molecule has 0 aliphatic carbocycles. The number of carbonyl (C=O) groups excluding carboxylic acids is 5. The molecule has 61 heavy (non-hydrogen) atoms. The number of hydrogen-bond acceptors (Lipinski definition) is 9. The molecule has 3 rings (SSSR count). The van der Waals surface area contributed by atoms with E-state index in [9.17, 15) is 32.4 Å². The molecule has 2 aromatic carbocycles. The number of nitrogens with one attached hydrogen (secondary N) is 6. The van der Waals surface area contributed by atoms with Crippen molar-refractivity contribution in [1.82, 2.24) is 31.3 Å². The molecule has 0 spiro atoms. The third kappa shape index (κ3) is 12.9. The van der Waals surface area contributed by atoms with Crippen molar-refractivity contribution < 1.29 is 37.1 Å². The number of nitrogens with two attached hydrogens (primary N) is 1. The Hall–Kier alpha value is -5.71. The van der Waals surface area contributed by atoms with E-state index in [-0.39, 0.29) is 49.6 Å². The van der Waals surface area contributed by atoms with Gasteiger partial charge in [-0.15, -0.1) is 13.2 Å². The van der Waals surface area contributed by atoms with E-state index in [0.29, 0.717) is 34.4 Å². The number of aliphatic imine (C=N–C) groups is 1. The highest BCUT2D eigenvalue weighted by atomic mass is 32.2. The van der Waals surface area contributed by atoms with E-state index >= 15 is 0 Å². The smallest absolute Gasteiger partial charge is 0.264 e. The minimum absolute atomic E-state index is 0.0317. The van der Waals surface area contributed by atoms with Gasteiger partial charge in [0, 0.05) is 31.0 Å². The summed E-state index contributed by atoms with van der Waals surface area (Å²) >= 11 is 0. The number of sulfonamides is 1. The van der Waals surface area contributed by atoms with Gasteiger partial charge in [-0.3, -0.25) is 29.0 Å². The molecule has 0 radical (unpaired) electrons. The highest BCUT2D eigenvalue weighted by molar-refractivity contribution is 7.90. The molecule has 5 amide bonds. The second-order valence-corrected chi connectivity index (χ2v) is 18.0. The van der Waals surface area contributed by atoms with E-state index in [1.54, 1.807) is 65.0 Å². The minimum Gasteiger partial charge on any atom is -0.487 e. The Morgan fingerprint density at radius 1 is 0.918 bits per heavy atom. The van der Waals surface area contributed by atoms with Crippen molar-refractivity contribution in [2.75, 3.05) is 13.1 Å². The van der Waals surface area contributed by atoms with Gasteiger partial charge in [-0.05, 0) is 89.5 Å². The quantitative estimate of drug-likeness (QED) is 0.0421. The van der Waals surface area contributed by atoms with Crippen LogP contribution in [0.1, 0.15) is 101 Å². The molecule has 0 aromatic heterocycles. The highest BCUT2D eigenvalue weighted by Gasteiger charge is 2.39. The predicted octanol–water partition coefficient (Wildman–Crippen LogP) is 3.34. The fourth-order valence-electron chi connectivity index (χ4n) is 6.94. The summed E-state index contributed by atoms with van der Waals surface area (Å²) in [5, 5.41) is 13.6. The van der Waals surface area contributed by atoms with Gasteiger partial charge in [0.15, 0.2) is 0 Å². The maximum Gasteiger partial charge on any atom is 0.264 e. The van der Waals surface area contributed by atoms with Crippen molar-refractivity contribution in [3.8, 4) is 5.75 Å². The number of nitrogens with zero attached hydrogens (tertiary/aromatic N) is 1. The lowest BCUT2D eigenvalue weighted by Crippen LogP contribution is -2.61. The van der Waals surface area contributed by atoms with E-state index < -0.39 is 74.7 Å².